The molecule has 3 aliphatic heterocycles. The lowest BCUT2D eigenvalue weighted by molar-refractivity contribution is -0.203. The van der Waals surface area contributed by atoms with Gasteiger partial charge in [-0.25, -0.2) is 0 Å². The first-order valence-electron chi connectivity index (χ1n) is 18.8. The van der Waals surface area contributed by atoms with Crippen molar-refractivity contribution in [2.45, 2.75) is 180 Å². The fraction of sp³-hybridized carbons (Fsp3) is 0.868. The van der Waals surface area contributed by atoms with Gasteiger partial charge in [0.2, 0.25) is 0 Å². The molecule has 8 nitrogen and oxygen atoms in total. The smallest absolute Gasteiger partial charge is 0.302 e. The van der Waals surface area contributed by atoms with E-state index in [1.807, 2.05) is 6.92 Å². The molecule has 3 heterocycles. The van der Waals surface area contributed by atoms with E-state index in [9.17, 15) is 4.79 Å². The number of rotatable bonds is 19. The van der Waals surface area contributed by atoms with E-state index in [0.717, 1.165) is 123 Å². The van der Waals surface area contributed by atoms with Crippen LogP contribution in [0.1, 0.15) is 136 Å². The molecule has 0 spiro atoms. The predicted octanol–water partition coefficient (Wildman–Crippen LogP) is 8.56. The Bertz CT molecular complexity index is 874. The van der Waals surface area contributed by atoms with Gasteiger partial charge >= 0.3 is 5.97 Å². The van der Waals surface area contributed by atoms with E-state index >= 15 is 0 Å². The normalized spacial score (nSPS) is 32.2. The zero-order valence-electron chi connectivity index (χ0n) is 29.1. The highest BCUT2D eigenvalue weighted by Gasteiger charge is 2.45. The van der Waals surface area contributed by atoms with Gasteiger partial charge in [0.15, 0.2) is 18.9 Å². The second-order valence-electron chi connectivity index (χ2n) is 13.8. The van der Waals surface area contributed by atoms with Crippen LogP contribution in [0, 0.1) is 11.8 Å². The number of carbonyl (C=O) groups excluding carboxylic acids is 1. The Morgan fingerprint density at radius 1 is 0.804 bits per heavy atom. The van der Waals surface area contributed by atoms with Gasteiger partial charge in [-0.05, 0) is 103 Å². The molecular weight excluding hydrogens is 584 g/mol. The Kier molecular flexibility index (Phi) is 17.6. The van der Waals surface area contributed by atoms with Gasteiger partial charge in [0, 0.05) is 39.1 Å². The van der Waals surface area contributed by atoms with Crippen LogP contribution in [-0.2, 0) is 38.0 Å². The average Bonchev–Trinajstić information content (AvgIpc) is 3.37. The summed E-state index contributed by atoms with van der Waals surface area (Å²) in [7, 11) is 0. The van der Waals surface area contributed by atoms with Crippen LogP contribution in [0.3, 0.4) is 0 Å². The van der Waals surface area contributed by atoms with Crippen molar-refractivity contribution in [1.82, 2.24) is 0 Å². The van der Waals surface area contributed by atoms with Gasteiger partial charge in [0.05, 0.1) is 24.4 Å². The summed E-state index contributed by atoms with van der Waals surface area (Å²) in [6.45, 7) is 8.01. The molecule has 46 heavy (non-hydrogen) atoms. The first-order chi connectivity index (χ1) is 22.5. The summed E-state index contributed by atoms with van der Waals surface area (Å²) in [6.07, 6.45) is 27.7. The Morgan fingerprint density at radius 3 is 2.07 bits per heavy atom. The average molecular weight is 649 g/mol. The minimum Gasteiger partial charge on any atom is -0.463 e. The van der Waals surface area contributed by atoms with E-state index in [0.29, 0.717) is 0 Å². The molecule has 0 aromatic heterocycles. The molecule has 4 fully saturated rings. The molecule has 0 radical (unpaired) electrons. The zero-order chi connectivity index (χ0) is 32.4. The summed E-state index contributed by atoms with van der Waals surface area (Å²) in [4.78, 5) is 11.3. The molecule has 264 valence electrons. The summed E-state index contributed by atoms with van der Waals surface area (Å²) < 4.78 is 43.5. The lowest BCUT2D eigenvalue weighted by atomic mass is 9.89. The molecule has 1 aliphatic carbocycles. The van der Waals surface area contributed by atoms with Crippen LogP contribution in [-0.4, -0.2) is 69.1 Å². The second-order valence-corrected chi connectivity index (χ2v) is 13.8. The van der Waals surface area contributed by atoms with Crippen LogP contribution in [0.5, 0.6) is 0 Å². The van der Waals surface area contributed by atoms with Crippen molar-refractivity contribution in [1.29, 1.82) is 0 Å². The molecule has 8 heteroatoms. The summed E-state index contributed by atoms with van der Waals surface area (Å²) in [6, 6.07) is 0. The minimum atomic E-state index is -0.212. The standard InChI is InChI=1S/C38H64O8/c1-4-5-8-18-31(44-36-20-11-14-25-40-36)23-24-33-32(19-10-7-6-9-17-29(2)43-30(3)39)34(45-37-21-12-15-26-41-37)28-35(33)46-38-22-13-16-27-42-38/h7,10,23-24,29,31-38H,4-6,8-9,11-22,25-28H2,1-3H3/b10-7-,24-23+/t29?,31-,32+,33+,34-,35+,36?,37?,38?/m0/s1. The number of allylic oxidation sites excluding steroid dienone is 2. The maximum absolute atomic E-state index is 11.3. The fourth-order valence-corrected chi connectivity index (χ4v) is 7.30. The third kappa shape index (κ3) is 13.7. The van der Waals surface area contributed by atoms with Crippen molar-refractivity contribution in [3.05, 3.63) is 24.3 Å². The summed E-state index contributed by atoms with van der Waals surface area (Å²) in [5.74, 6) is 0.224. The molecule has 0 aromatic rings. The quantitative estimate of drug-likeness (QED) is 0.0783. The van der Waals surface area contributed by atoms with Crippen LogP contribution in [0.15, 0.2) is 24.3 Å². The largest absolute Gasteiger partial charge is 0.463 e. The van der Waals surface area contributed by atoms with Gasteiger partial charge < -0.3 is 33.2 Å². The SMILES string of the molecule is CCCCC[C@@H](/C=C/[C@@H]1[C@@H](C/C=C\CCCC(C)OC(C)=O)[C@@H](OC2CCCCO2)C[C@H]1OC1CCCCO1)OC1CCCCO1. The summed E-state index contributed by atoms with van der Waals surface area (Å²) >= 11 is 0. The molecule has 0 N–H and O–H groups in total. The van der Waals surface area contributed by atoms with E-state index < -0.39 is 0 Å². The Hall–Kier alpha value is -1.29. The molecule has 4 aliphatic rings. The van der Waals surface area contributed by atoms with Crippen molar-refractivity contribution >= 4 is 5.97 Å². The highest BCUT2D eigenvalue weighted by Crippen LogP contribution is 2.42. The van der Waals surface area contributed by atoms with Crippen molar-refractivity contribution in [3.8, 4) is 0 Å². The predicted molar refractivity (Wildman–Crippen MR) is 179 cm³/mol. The van der Waals surface area contributed by atoms with Crippen LogP contribution in [0.25, 0.3) is 0 Å². The highest BCUT2D eigenvalue weighted by molar-refractivity contribution is 5.66. The van der Waals surface area contributed by atoms with Gasteiger partial charge in [0.1, 0.15) is 0 Å². The number of carbonyl (C=O) groups is 1. The Morgan fingerprint density at radius 2 is 1.46 bits per heavy atom. The van der Waals surface area contributed by atoms with Crippen LogP contribution < -0.4 is 0 Å². The molecule has 4 unspecified atom stereocenters. The number of hydrogen-bond acceptors (Lipinski definition) is 8. The first kappa shape index (κ1) is 37.5. The zero-order valence-corrected chi connectivity index (χ0v) is 29.1. The Balaban J connectivity index is 1.48. The van der Waals surface area contributed by atoms with E-state index in [4.69, 9.17) is 33.2 Å². The highest BCUT2D eigenvalue weighted by atomic mass is 16.7. The molecule has 0 amide bonds. The fourth-order valence-electron chi connectivity index (χ4n) is 7.30. The number of hydrogen-bond donors (Lipinski definition) is 0. The van der Waals surface area contributed by atoms with Crippen molar-refractivity contribution < 1.29 is 38.0 Å². The van der Waals surface area contributed by atoms with E-state index in [1.54, 1.807) is 0 Å². The van der Waals surface area contributed by atoms with Gasteiger partial charge in [-0.1, -0.05) is 50.5 Å². The molecule has 0 aromatic carbocycles. The van der Waals surface area contributed by atoms with Crippen LogP contribution >= 0.6 is 0 Å². The molecule has 1 saturated carbocycles. The molecular formula is C38H64O8. The topological polar surface area (TPSA) is 81.7 Å². The monoisotopic (exact) mass is 648 g/mol. The lowest BCUT2D eigenvalue weighted by Crippen LogP contribution is -2.31. The van der Waals surface area contributed by atoms with Crippen molar-refractivity contribution in [2.24, 2.45) is 11.8 Å². The summed E-state index contributed by atoms with van der Waals surface area (Å²) in [5.41, 5.74) is 0. The van der Waals surface area contributed by atoms with Crippen LogP contribution in [0.4, 0.5) is 0 Å². The second kappa shape index (κ2) is 21.6. The molecule has 9 atom stereocenters. The van der Waals surface area contributed by atoms with Crippen LogP contribution in [0.2, 0.25) is 0 Å². The van der Waals surface area contributed by atoms with Gasteiger partial charge in [-0.3, -0.25) is 4.79 Å². The molecule has 4 rings (SSSR count). The number of esters is 1. The maximum atomic E-state index is 11.3. The van der Waals surface area contributed by atoms with Gasteiger partial charge in [0.25, 0.3) is 0 Å². The maximum Gasteiger partial charge on any atom is 0.302 e. The molecule has 3 saturated heterocycles. The number of unbranched alkanes of at least 4 members (excludes halogenated alkanes) is 3. The van der Waals surface area contributed by atoms with Gasteiger partial charge in [-0.15, -0.1) is 0 Å². The third-order valence-electron chi connectivity index (χ3n) is 9.82. The lowest BCUT2D eigenvalue weighted by Gasteiger charge is -2.30. The minimum absolute atomic E-state index is 0.0122. The van der Waals surface area contributed by atoms with Gasteiger partial charge in [-0.2, -0.15) is 0 Å². The number of ether oxygens (including phenoxy) is 7. The van der Waals surface area contributed by atoms with Crippen molar-refractivity contribution in [3.63, 3.8) is 0 Å². The van der Waals surface area contributed by atoms with E-state index in [1.165, 1.54) is 19.8 Å². The third-order valence-corrected chi connectivity index (χ3v) is 9.82. The Labute approximate surface area is 279 Å². The first-order valence-corrected chi connectivity index (χ1v) is 18.8. The summed E-state index contributed by atoms with van der Waals surface area (Å²) in [5, 5.41) is 0. The van der Waals surface area contributed by atoms with E-state index in [-0.39, 0.29) is 61.1 Å². The van der Waals surface area contributed by atoms with E-state index in [2.05, 4.69) is 31.2 Å². The van der Waals surface area contributed by atoms with Crippen molar-refractivity contribution in [2.75, 3.05) is 19.8 Å². The molecule has 0 bridgehead atoms.